The highest BCUT2D eigenvalue weighted by atomic mass is 16.5. The standard InChI is InChI=1S/C12H23N3O2/c1-4-15(7-8-16)9-12-13-11(14-17-12)6-5-10(2)3/h10,16H,4-9H2,1-3H3. The van der Waals surface area contributed by atoms with Crippen LogP contribution in [0.15, 0.2) is 4.52 Å². The Balaban J connectivity index is 2.44. The molecule has 0 aliphatic carbocycles. The molecule has 0 spiro atoms. The number of aryl methyl sites for hydroxylation is 1. The van der Waals surface area contributed by atoms with E-state index in [1.54, 1.807) is 0 Å². The van der Waals surface area contributed by atoms with Crippen LogP contribution in [0.25, 0.3) is 0 Å². The summed E-state index contributed by atoms with van der Waals surface area (Å²) in [5.41, 5.74) is 0. The molecule has 0 amide bonds. The summed E-state index contributed by atoms with van der Waals surface area (Å²) < 4.78 is 5.19. The Morgan fingerprint density at radius 2 is 2.18 bits per heavy atom. The van der Waals surface area contributed by atoms with Crippen LogP contribution in [0.3, 0.4) is 0 Å². The van der Waals surface area contributed by atoms with E-state index in [0.29, 0.717) is 24.9 Å². The Kier molecular flexibility index (Phi) is 6.15. The van der Waals surface area contributed by atoms with Gasteiger partial charge in [0.05, 0.1) is 13.2 Å². The number of aliphatic hydroxyl groups excluding tert-OH is 1. The van der Waals surface area contributed by atoms with Gasteiger partial charge < -0.3 is 9.63 Å². The highest BCUT2D eigenvalue weighted by molar-refractivity contribution is 4.86. The van der Waals surface area contributed by atoms with E-state index in [9.17, 15) is 0 Å². The molecule has 1 N–H and O–H groups in total. The molecule has 5 heteroatoms. The van der Waals surface area contributed by atoms with Gasteiger partial charge >= 0.3 is 0 Å². The number of rotatable bonds is 8. The van der Waals surface area contributed by atoms with Gasteiger partial charge in [-0.15, -0.1) is 0 Å². The molecule has 0 saturated heterocycles. The van der Waals surface area contributed by atoms with Crippen molar-refractivity contribution >= 4 is 0 Å². The lowest BCUT2D eigenvalue weighted by molar-refractivity contribution is 0.180. The number of nitrogens with zero attached hydrogens (tertiary/aromatic N) is 3. The van der Waals surface area contributed by atoms with E-state index < -0.39 is 0 Å². The summed E-state index contributed by atoms with van der Waals surface area (Å²) >= 11 is 0. The van der Waals surface area contributed by atoms with Crippen LogP contribution < -0.4 is 0 Å². The summed E-state index contributed by atoms with van der Waals surface area (Å²) in [6, 6.07) is 0. The predicted molar refractivity (Wildman–Crippen MR) is 65.5 cm³/mol. The lowest BCUT2D eigenvalue weighted by Gasteiger charge is -2.15. The van der Waals surface area contributed by atoms with E-state index in [-0.39, 0.29) is 6.61 Å². The lowest BCUT2D eigenvalue weighted by atomic mass is 10.1. The Labute approximate surface area is 103 Å². The second-order valence-electron chi connectivity index (χ2n) is 4.63. The second kappa shape index (κ2) is 7.40. The molecule has 0 bridgehead atoms. The van der Waals surface area contributed by atoms with Gasteiger partial charge in [0.15, 0.2) is 5.82 Å². The van der Waals surface area contributed by atoms with Crippen molar-refractivity contribution in [3.05, 3.63) is 11.7 Å². The van der Waals surface area contributed by atoms with Gasteiger partial charge in [-0.25, -0.2) is 0 Å². The van der Waals surface area contributed by atoms with Gasteiger partial charge in [0.2, 0.25) is 5.89 Å². The second-order valence-corrected chi connectivity index (χ2v) is 4.63. The quantitative estimate of drug-likeness (QED) is 0.746. The molecular formula is C12H23N3O2. The SMILES string of the molecule is CCN(CCO)Cc1nc(CCC(C)C)no1. The van der Waals surface area contributed by atoms with E-state index in [0.717, 1.165) is 25.2 Å². The van der Waals surface area contributed by atoms with Crippen molar-refractivity contribution in [3.63, 3.8) is 0 Å². The summed E-state index contributed by atoms with van der Waals surface area (Å²) in [5.74, 6) is 2.08. The fraction of sp³-hybridized carbons (Fsp3) is 0.833. The Morgan fingerprint density at radius 3 is 2.76 bits per heavy atom. The third kappa shape index (κ3) is 5.28. The molecule has 5 nitrogen and oxygen atoms in total. The topological polar surface area (TPSA) is 62.4 Å². The lowest BCUT2D eigenvalue weighted by Crippen LogP contribution is -2.26. The molecule has 0 radical (unpaired) electrons. The van der Waals surface area contributed by atoms with Crippen molar-refractivity contribution in [1.82, 2.24) is 15.0 Å². The molecule has 0 aliphatic heterocycles. The summed E-state index contributed by atoms with van der Waals surface area (Å²) in [4.78, 5) is 6.42. The summed E-state index contributed by atoms with van der Waals surface area (Å²) in [7, 11) is 0. The van der Waals surface area contributed by atoms with Crippen LogP contribution in [0.5, 0.6) is 0 Å². The predicted octanol–water partition coefficient (Wildman–Crippen LogP) is 1.47. The van der Waals surface area contributed by atoms with Gasteiger partial charge in [0.1, 0.15) is 0 Å². The van der Waals surface area contributed by atoms with Crippen LogP contribution in [0, 0.1) is 5.92 Å². The molecule has 1 heterocycles. The van der Waals surface area contributed by atoms with E-state index in [4.69, 9.17) is 9.63 Å². The van der Waals surface area contributed by atoms with E-state index in [1.165, 1.54) is 0 Å². The highest BCUT2D eigenvalue weighted by Gasteiger charge is 2.10. The first kappa shape index (κ1) is 14.1. The van der Waals surface area contributed by atoms with Crippen molar-refractivity contribution < 1.29 is 9.63 Å². The van der Waals surface area contributed by atoms with E-state index in [2.05, 4.69) is 28.9 Å². The van der Waals surface area contributed by atoms with Crippen LogP contribution in [-0.4, -0.2) is 39.8 Å². The average molecular weight is 241 g/mol. The number of aliphatic hydroxyl groups is 1. The minimum atomic E-state index is 0.155. The fourth-order valence-electron chi connectivity index (χ4n) is 1.56. The van der Waals surface area contributed by atoms with Crippen molar-refractivity contribution in [2.24, 2.45) is 5.92 Å². The Morgan fingerprint density at radius 1 is 1.41 bits per heavy atom. The van der Waals surface area contributed by atoms with Crippen LogP contribution in [0.4, 0.5) is 0 Å². The summed E-state index contributed by atoms with van der Waals surface area (Å²) in [6.45, 7) is 8.69. The molecule has 0 fully saturated rings. The molecule has 17 heavy (non-hydrogen) atoms. The van der Waals surface area contributed by atoms with E-state index in [1.807, 2.05) is 6.92 Å². The van der Waals surface area contributed by atoms with Crippen molar-refractivity contribution in [2.75, 3.05) is 19.7 Å². The number of hydrogen-bond acceptors (Lipinski definition) is 5. The fourth-order valence-corrected chi connectivity index (χ4v) is 1.56. The van der Waals surface area contributed by atoms with E-state index >= 15 is 0 Å². The first-order valence-corrected chi connectivity index (χ1v) is 6.30. The first-order chi connectivity index (χ1) is 8.15. The van der Waals surface area contributed by atoms with Crippen LogP contribution in [-0.2, 0) is 13.0 Å². The molecule has 1 aromatic heterocycles. The zero-order valence-electron chi connectivity index (χ0n) is 11.0. The molecule has 1 aromatic rings. The number of likely N-dealkylation sites (N-methyl/N-ethyl adjacent to an activating group) is 1. The number of aromatic nitrogens is 2. The van der Waals surface area contributed by atoms with Crippen molar-refractivity contribution in [3.8, 4) is 0 Å². The molecule has 1 rings (SSSR count). The maximum atomic E-state index is 8.89. The number of hydrogen-bond donors (Lipinski definition) is 1. The third-order valence-electron chi connectivity index (χ3n) is 2.68. The van der Waals surface area contributed by atoms with Gasteiger partial charge in [-0.1, -0.05) is 25.9 Å². The minimum absolute atomic E-state index is 0.155. The highest BCUT2D eigenvalue weighted by Crippen LogP contribution is 2.07. The van der Waals surface area contributed by atoms with Crippen molar-refractivity contribution in [2.45, 2.75) is 40.2 Å². The van der Waals surface area contributed by atoms with Gasteiger partial charge in [-0.05, 0) is 18.9 Å². The van der Waals surface area contributed by atoms with Gasteiger partial charge in [-0.2, -0.15) is 4.98 Å². The largest absolute Gasteiger partial charge is 0.395 e. The van der Waals surface area contributed by atoms with Gasteiger partial charge in [0.25, 0.3) is 0 Å². The van der Waals surface area contributed by atoms with Gasteiger partial charge in [0, 0.05) is 13.0 Å². The molecule has 0 atom stereocenters. The molecule has 98 valence electrons. The normalized spacial score (nSPS) is 11.6. The maximum Gasteiger partial charge on any atom is 0.240 e. The van der Waals surface area contributed by atoms with Crippen LogP contribution in [0.1, 0.15) is 38.9 Å². The zero-order chi connectivity index (χ0) is 12.7. The Hall–Kier alpha value is -0.940. The molecule has 0 aliphatic rings. The maximum absolute atomic E-state index is 8.89. The zero-order valence-corrected chi connectivity index (χ0v) is 11.0. The van der Waals surface area contributed by atoms with Crippen molar-refractivity contribution in [1.29, 1.82) is 0 Å². The Bertz CT molecular complexity index is 312. The minimum Gasteiger partial charge on any atom is -0.395 e. The van der Waals surface area contributed by atoms with Crippen LogP contribution >= 0.6 is 0 Å². The van der Waals surface area contributed by atoms with Crippen LogP contribution in [0.2, 0.25) is 0 Å². The molecule has 0 saturated carbocycles. The van der Waals surface area contributed by atoms with Gasteiger partial charge in [-0.3, -0.25) is 4.90 Å². The summed E-state index contributed by atoms with van der Waals surface area (Å²) in [5, 5.41) is 12.8. The average Bonchev–Trinajstić information content (AvgIpc) is 2.73. The monoisotopic (exact) mass is 241 g/mol. The summed E-state index contributed by atoms with van der Waals surface area (Å²) in [6.07, 6.45) is 1.94. The molecule has 0 unspecified atom stereocenters. The third-order valence-corrected chi connectivity index (χ3v) is 2.68. The smallest absolute Gasteiger partial charge is 0.240 e. The molecular weight excluding hydrogens is 218 g/mol. The first-order valence-electron chi connectivity index (χ1n) is 6.30. The molecule has 0 aromatic carbocycles.